The predicted octanol–water partition coefficient (Wildman–Crippen LogP) is 2.25. The number of benzene rings is 1. The van der Waals surface area contributed by atoms with Gasteiger partial charge in [0.05, 0.1) is 12.0 Å². The van der Waals surface area contributed by atoms with Crippen molar-refractivity contribution in [1.29, 1.82) is 0 Å². The Balaban J connectivity index is 2.91. The maximum absolute atomic E-state index is 10.1. The number of nitrogens with zero attached hydrogens (tertiary/aromatic N) is 1. The molecular formula is C10H11NO3. The van der Waals surface area contributed by atoms with Gasteiger partial charge in [-0.25, -0.2) is 0 Å². The predicted molar refractivity (Wildman–Crippen MR) is 53.8 cm³/mol. The van der Waals surface area contributed by atoms with Crippen molar-refractivity contribution in [2.45, 2.75) is 6.92 Å². The van der Waals surface area contributed by atoms with E-state index in [4.69, 9.17) is 4.74 Å². The molecule has 0 atom stereocenters. The van der Waals surface area contributed by atoms with E-state index in [1.807, 2.05) is 13.0 Å². The molecule has 0 aliphatic rings. The average Bonchev–Trinajstić information content (AvgIpc) is 2.15. The Labute approximate surface area is 82.0 Å². The molecule has 0 fully saturated rings. The maximum atomic E-state index is 10.1. The molecule has 0 N–H and O–H groups in total. The molecule has 1 rings (SSSR count). The Morgan fingerprint density at radius 2 is 2.21 bits per heavy atom. The largest absolute Gasteiger partial charge is 0.496 e. The van der Waals surface area contributed by atoms with Crippen molar-refractivity contribution in [1.82, 2.24) is 0 Å². The summed E-state index contributed by atoms with van der Waals surface area (Å²) >= 11 is 0. The number of hydrogen-bond acceptors (Lipinski definition) is 3. The Bertz CT molecular complexity index is 372. The highest BCUT2D eigenvalue weighted by atomic mass is 16.6. The molecule has 0 aliphatic heterocycles. The molecule has 14 heavy (non-hydrogen) atoms. The standard InChI is InChI=1S/C10H11NO3/c1-8-7-9(5-6-11(12)13)3-4-10(8)14-2/h3-7H,1-2H3/b6-5+. The van der Waals surface area contributed by atoms with Crippen LogP contribution in [0.3, 0.4) is 0 Å². The van der Waals surface area contributed by atoms with Gasteiger partial charge in [-0.3, -0.25) is 10.1 Å². The van der Waals surface area contributed by atoms with Gasteiger partial charge in [0.25, 0.3) is 0 Å². The van der Waals surface area contributed by atoms with Gasteiger partial charge in [-0.15, -0.1) is 0 Å². The molecule has 0 saturated heterocycles. The van der Waals surface area contributed by atoms with Crippen LogP contribution < -0.4 is 4.74 Å². The van der Waals surface area contributed by atoms with Crippen LogP contribution in [-0.2, 0) is 0 Å². The van der Waals surface area contributed by atoms with Gasteiger partial charge in [0, 0.05) is 6.08 Å². The molecule has 0 saturated carbocycles. The summed E-state index contributed by atoms with van der Waals surface area (Å²) in [7, 11) is 1.59. The normalized spacial score (nSPS) is 10.4. The zero-order valence-electron chi connectivity index (χ0n) is 8.06. The third-order valence-corrected chi connectivity index (χ3v) is 1.81. The Morgan fingerprint density at radius 3 is 2.71 bits per heavy atom. The van der Waals surface area contributed by atoms with Crippen LogP contribution in [0, 0.1) is 17.0 Å². The number of methoxy groups -OCH3 is 1. The van der Waals surface area contributed by atoms with Crippen molar-refractivity contribution >= 4 is 6.08 Å². The van der Waals surface area contributed by atoms with Gasteiger partial charge in [-0.05, 0) is 30.2 Å². The number of ether oxygens (including phenoxy) is 1. The second kappa shape index (κ2) is 4.41. The molecule has 0 amide bonds. The lowest BCUT2D eigenvalue weighted by atomic mass is 10.1. The van der Waals surface area contributed by atoms with Crippen molar-refractivity contribution in [2.24, 2.45) is 0 Å². The van der Waals surface area contributed by atoms with Gasteiger partial charge >= 0.3 is 0 Å². The first kappa shape index (κ1) is 10.2. The summed E-state index contributed by atoms with van der Waals surface area (Å²) < 4.78 is 5.07. The minimum atomic E-state index is -0.487. The fourth-order valence-electron chi connectivity index (χ4n) is 1.15. The lowest BCUT2D eigenvalue weighted by Gasteiger charge is -2.03. The summed E-state index contributed by atoms with van der Waals surface area (Å²) in [5, 5.41) is 10.1. The van der Waals surface area contributed by atoms with Gasteiger partial charge in [0.2, 0.25) is 6.20 Å². The fraction of sp³-hybridized carbons (Fsp3) is 0.200. The molecule has 4 heteroatoms. The summed E-state index contributed by atoms with van der Waals surface area (Å²) in [6.45, 7) is 1.89. The van der Waals surface area contributed by atoms with Crippen LogP contribution in [0.4, 0.5) is 0 Å². The van der Waals surface area contributed by atoms with Gasteiger partial charge in [-0.1, -0.05) is 6.07 Å². The van der Waals surface area contributed by atoms with Gasteiger partial charge in [0.1, 0.15) is 5.75 Å². The fourth-order valence-corrected chi connectivity index (χ4v) is 1.15. The molecule has 0 aromatic heterocycles. The van der Waals surface area contributed by atoms with Crippen LogP contribution in [0.1, 0.15) is 11.1 Å². The van der Waals surface area contributed by atoms with Gasteiger partial charge in [0.15, 0.2) is 0 Å². The molecule has 0 spiro atoms. The highest BCUT2D eigenvalue weighted by molar-refractivity contribution is 5.52. The molecule has 0 radical (unpaired) electrons. The molecule has 74 valence electrons. The summed E-state index contributed by atoms with van der Waals surface area (Å²) in [5.74, 6) is 0.781. The molecule has 0 heterocycles. The van der Waals surface area contributed by atoms with Crippen molar-refractivity contribution in [2.75, 3.05) is 7.11 Å². The third-order valence-electron chi connectivity index (χ3n) is 1.81. The van der Waals surface area contributed by atoms with Crippen LogP contribution in [0.15, 0.2) is 24.4 Å². The first-order valence-electron chi connectivity index (χ1n) is 4.10. The summed E-state index contributed by atoms with van der Waals surface area (Å²) in [6.07, 6.45) is 2.37. The highest BCUT2D eigenvalue weighted by Gasteiger charge is 1.98. The summed E-state index contributed by atoms with van der Waals surface area (Å²) in [5.41, 5.74) is 1.75. The summed E-state index contributed by atoms with van der Waals surface area (Å²) in [6, 6.07) is 5.39. The average molecular weight is 193 g/mol. The monoisotopic (exact) mass is 193 g/mol. The number of hydrogen-bond donors (Lipinski definition) is 0. The molecule has 1 aromatic rings. The second-order valence-electron chi connectivity index (χ2n) is 2.83. The minimum absolute atomic E-state index is 0.487. The van der Waals surface area contributed by atoms with Crippen LogP contribution in [-0.4, -0.2) is 12.0 Å². The van der Waals surface area contributed by atoms with E-state index in [9.17, 15) is 10.1 Å². The van der Waals surface area contributed by atoms with Crippen LogP contribution in [0.5, 0.6) is 5.75 Å². The molecule has 0 aliphatic carbocycles. The maximum Gasteiger partial charge on any atom is 0.235 e. The van der Waals surface area contributed by atoms with Crippen LogP contribution in [0.25, 0.3) is 6.08 Å². The van der Waals surface area contributed by atoms with E-state index >= 15 is 0 Å². The molecule has 1 aromatic carbocycles. The molecule has 4 nitrogen and oxygen atoms in total. The first-order chi connectivity index (χ1) is 6.63. The zero-order valence-corrected chi connectivity index (χ0v) is 8.06. The summed E-state index contributed by atoms with van der Waals surface area (Å²) in [4.78, 5) is 9.59. The van der Waals surface area contributed by atoms with E-state index in [1.165, 1.54) is 6.08 Å². The van der Waals surface area contributed by atoms with E-state index in [1.54, 1.807) is 19.2 Å². The van der Waals surface area contributed by atoms with Crippen LogP contribution >= 0.6 is 0 Å². The second-order valence-corrected chi connectivity index (χ2v) is 2.83. The lowest BCUT2D eigenvalue weighted by molar-refractivity contribution is -0.400. The molecular weight excluding hydrogens is 182 g/mol. The Kier molecular flexibility index (Phi) is 3.23. The molecule has 0 bridgehead atoms. The zero-order chi connectivity index (χ0) is 10.6. The molecule has 0 unspecified atom stereocenters. The number of nitro groups is 1. The van der Waals surface area contributed by atoms with Crippen molar-refractivity contribution in [3.8, 4) is 5.75 Å². The lowest BCUT2D eigenvalue weighted by Crippen LogP contribution is -1.87. The highest BCUT2D eigenvalue weighted by Crippen LogP contribution is 2.18. The number of aryl methyl sites for hydroxylation is 1. The smallest absolute Gasteiger partial charge is 0.235 e. The minimum Gasteiger partial charge on any atom is -0.496 e. The first-order valence-corrected chi connectivity index (χ1v) is 4.10. The van der Waals surface area contributed by atoms with Crippen molar-refractivity contribution < 1.29 is 9.66 Å². The topological polar surface area (TPSA) is 52.4 Å². The third kappa shape index (κ3) is 2.58. The quantitative estimate of drug-likeness (QED) is 0.546. The van der Waals surface area contributed by atoms with Crippen LogP contribution in [0.2, 0.25) is 0 Å². The number of rotatable bonds is 3. The Hall–Kier alpha value is -1.84. The van der Waals surface area contributed by atoms with E-state index < -0.39 is 4.92 Å². The van der Waals surface area contributed by atoms with E-state index in [0.29, 0.717) is 0 Å². The Morgan fingerprint density at radius 1 is 1.50 bits per heavy atom. The van der Waals surface area contributed by atoms with Crippen molar-refractivity contribution in [3.63, 3.8) is 0 Å². The van der Waals surface area contributed by atoms with Gasteiger partial charge < -0.3 is 4.74 Å². The van der Waals surface area contributed by atoms with E-state index in [-0.39, 0.29) is 0 Å². The SMILES string of the molecule is COc1ccc(/C=C/[N+](=O)[O-])cc1C. The van der Waals surface area contributed by atoms with E-state index in [2.05, 4.69) is 0 Å². The van der Waals surface area contributed by atoms with E-state index in [0.717, 1.165) is 23.1 Å². The van der Waals surface area contributed by atoms with Gasteiger partial charge in [-0.2, -0.15) is 0 Å². The van der Waals surface area contributed by atoms with Crippen molar-refractivity contribution in [3.05, 3.63) is 45.6 Å².